The van der Waals surface area contributed by atoms with Crippen molar-refractivity contribution in [1.82, 2.24) is 19.6 Å². The van der Waals surface area contributed by atoms with E-state index >= 15 is 0 Å². The van der Waals surface area contributed by atoms with Crippen molar-refractivity contribution in [3.05, 3.63) is 65.4 Å². The topological polar surface area (TPSA) is 94.0 Å². The summed E-state index contributed by atoms with van der Waals surface area (Å²) in [6.07, 6.45) is 0. The second kappa shape index (κ2) is 9.44. The Morgan fingerprint density at radius 3 is 2.42 bits per heavy atom. The summed E-state index contributed by atoms with van der Waals surface area (Å²) >= 11 is 0. The first kappa shape index (κ1) is 23.4. The summed E-state index contributed by atoms with van der Waals surface area (Å²) < 4.78 is 39.0. The van der Waals surface area contributed by atoms with Crippen LogP contribution < -0.4 is 0 Å². The highest BCUT2D eigenvalue weighted by Crippen LogP contribution is 2.41. The number of carbonyl (C=O) groups is 1. The molecule has 2 aromatic carbocycles. The molecule has 10 heteroatoms. The highest BCUT2D eigenvalue weighted by atomic mass is 32.2. The van der Waals surface area contributed by atoms with Gasteiger partial charge in [-0.05, 0) is 23.8 Å². The third-order valence-electron chi connectivity index (χ3n) is 6.96. The van der Waals surface area contributed by atoms with E-state index < -0.39 is 9.84 Å². The Morgan fingerprint density at radius 1 is 0.917 bits per heavy atom. The molecule has 0 atom stereocenters. The first-order valence-electron chi connectivity index (χ1n) is 12.2. The molecule has 0 saturated carbocycles. The van der Waals surface area contributed by atoms with Gasteiger partial charge in [-0.15, -0.1) is 0 Å². The summed E-state index contributed by atoms with van der Waals surface area (Å²) in [7, 11) is -3.61. The Balaban J connectivity index is 1.47. The summed E-state index contributed by atoms with van der Waals surface area (Å²) in [6, 6.07) is 15.0. The van der Waals surface area contributed by atoms with Gasteiger partial charge in [0.25, 0.3) is 5.91 Å². The highest BCUT2D eigenvalue weighted by molar-refractivity contribution is 7.90. The van der Waals surface area contributed by atoms with Gasteiger partial charge in [0.2, 0.25) is 0 Å². The molecule has 3 aromatic rings. The molecule has 0 aliphatic carbocycles. The van der Waals surface area contributed by atoms with E-state index in [2.05, 4.69) is 17.0 Å². The van der Waals surface area contributed by atoms with Crippen molar-refractivity contribution in [2.75, 3.05) is 52.6 Å². The van der Waals surface area contributed by atoms with Crippen LogP contribution in [0.5, 0.6) is 0 Å². The number of carbonyl (C=O) groups excluding carboxylic acids is 1. The van der Waals surface area contributed by atoms with Gasteiger partial charge < -0.3 is 14.4 Å². The Kier molecular flexibility index (Phi) is 6.12. The summed E-state index contributed by atoms with van der Waals surface area (Å²) in [5, 5.41) is 4.78. The minimum atomic E-state index is -3.61. The van der Waals surface area contributed by atoms with Crippen LogP contribution in [0, 0.1) is 0 Å². The van der Waals surface area contributed by atoms with Crippen LogP contribution in [0.1, 0.15) is 21.6 Å². The van der Waals surface area contributed by atoms with Crippen molar-refractivity contribution in [1.29, 1.82) is 0 Å². The number of fused-ring (bicyclic) bond motifs is 3. The molecule has 3 aliphatic rings. The van der Waals surface area contributed by atoms with Crippen molar-refractivity contribution in [3.8, 4) is 16.9 Å². The second-order valence-electron chi connectivity index (χ2n) is 9.31. The standard InChI is InChI=1S/C26H28N4O5S/c31-26(29-10-14-35-15-11-29)24-22-18-36(32,33)23-7-2-1-6-21(23)25(22)30(27-24)20-5-3-4-19(16-20)17-28-8-12-34-13-9-28/h1-7,16H,8-15,17-18H2. The van der Waals surface area contributed by atoms with Crippen molar-refractivity contribution >= 4 is 15.7 Å². The maximum Gasteiger partial charge on any atom is 0.274 e. The molecule has 9 nitrogen and oxygen atoms in total. The van der Waals surface area contributed by atoms with Gasteiger partial charge >= 0.3 is 0 Å². The van der Waals surface area contributed by atoms with Crippen LogP contribution in [0.2, 0.25) is 0 Å². The number of hydrogen-bond acceptors (Lipinski definition) is 7. The predicted octanol–water partition coefficient (Wildman–Crippen LogP) is 2.13. The fourth-order valence-electron chi connectivity index (χ4n) is 5.14. The number of hydrogen-bond donors (Lipinski definition) is 0. The van der Waals surface area contributed by atoms with E-state index in [1.807, 2.05) is 18.2 Å². The smallest absolute Gasteiger partial charge is 0.274 e. The maximum absolute atomic E-state index is 13.6. The Morgan fingerprint density at radius 2 is 1.64 bits per heavy atom. The second-order valence-corrected chi connectivity index (χ2v) is 11.3. The van der Waals surface area contributed by atoms with Gasteiger partial charge in [0.05, 0.1) is 48.5 Å². The maximum atomic E-state index is 13.6. The lowest BCUT2D eigenvalue weighted by Gasteiger charge is -2.26. The minimum absolute atomic E-state index is 0.198. The molecule has 2 saturated heterocycles. The average Bonchev–Trinajstić information content (AvgIpc) is 3.28. The number of ether oxygens (including phenoxy) is 2. The van der Waals surface area contributed by atoms with Crippen LogP contribution in [-0.2, 0) is 31.6 Å². The number of nitrogens with zero attached hydrogens (tertiary/aromatic N) is 4. The number of amides is 1. The molecule has 36 heavy (non-hydrogen) atoms. The van der Waals surface area contributed by atoms with Gasteiger partial charge in [0.1, 0.15) is 0 Å². The SMILES string of the molecule is O=C(c1nn(-c2cccc(CN3CCOCC3)c2)c2c1CS(=O)(=O)c1ccccc1-2)N1CCOCC1. The first-order valence-corrected chi connectivity index (χ1v) is 13.9. The highest BCUT2D eigenvalue weighted by Gasteiger charge is 2.37. The number of benzene rings is 2. The zero-order valence-electron chi connectivity index (χ0n) is 19.9. The van der Waals surface area contributed by atoms with E-state index in [0.29, 0.717) is 43.1 Å². The van der Waals surface area contributed by atoms with E-state index in [0.717, 1.165) is 44.1 Å². The molecule has 4 heterocycles. The molecular weight excluding hydrogens is 480 g/mol. The lowest BCUT2D eigenvalue weighted by atomic mass is 10.0. The number of rotatable bonds is 4. The fraction of sp³-hybridized carbons (Fsp3) is 0.385. The van der Waals surface area contributed by atoms with Crippen molar-refractivity contribution < 1.29 is 22.7 Å². The lowest BCUT2D eigenvalue weighted by Crippen LogP contribution is -2.41. The molecule has 6 rings (SSSR count). The number of morpholine rings is 2. The fourth-order valence-corrected chi connectivity index (χ4v) is 6.74. The van der Waals surface area contributed by atoms with E-state index in [4.69, 9.17) is 14.6 Å². The van der Waals surface area contributed by atoms with Gasteiger partial charge in [-0.2, -0.15) is 5.10 Å². The van der Waals surface area contributed by atoms with Gasteiger partial charge in [0.15, 0.2) is 15.5 Å². The van der Waals surface area contributed by atoms with Gasteiger partial charge in [0, 0.05) is 43.9 Å². The molecule has 2 fully saturated rings. The summed E-state index contributed by atoms with van der Waals surface area (Å²) in [5.41, 5.74) is 3.82. The van der Waals surface area contributed by atoms with Crippen LogP contribution in [0.3, 0.4) is 0 Å². The van der Waals surface area contributed by atoms with Crippen LogP contribution in [0.25, 0.3) is 16.9 Å². The van der Waals surface area contributed by atoms with Crippen LogP contribution in [-0.4, -0.2) is 86.5 Å². The first-order chi connectivity index (χ1) is 17.5. The normalized spacial score (nSPS) is 19.5. The number of sulfone groups is 1. The molecule has 1 amide bonds. The quantitative estimate of drug-likeness (QED) is 0.533. The molecule has 3 aliphatic heterocycles. The molecule has 0 unspecified atom stereocenters. The third kappa shape index (κ3) is 4.24. The molecule has 0 bridgehead atoms. The van der Waals surface area contributed by atoms with Crippen LogP contribution >= 0.6 is 0 Å². The molecule has 188 valence electrons. The predicted molar refractivity (Wildman–Crippen MR) is 133 cm³/mol. The molecule has 1 aromatic heterocycles. The minimum Gasteiger partial charge on any atom is -0.379 e. The van der Waals surface area contributed by atoms with Gasteiger partial charge in [-0.1, -0.05) is 30.3 Å². The average molecular weight is 509 g/mol. The van der Waals surface area contributed by atoms with Crippen molar-refractivity contribution in [2.24, 2.45) is 0 Å². The zero-order chi connectivity index (χ0) is 24.7. The Labute approximate surface area is 210 Å². The lowest BCUT2D eigenvalue weighted by molar-refractivity contribution is 0.0298. The third-order valence-corrected chi connectivity index (χ3v) is 8.66. The van der Waals surface area contributed by atoms with E-state index in [-0.39, 0.29) is 22.2 Å². The largest absolute Gasteiger partial charge is 0.379 e. The Bertz CT molecular complexity index is 1410. The van der Waals surface area contributed by atoms with E-state index in [1.54, 1.807) is 27.8 Å². The number of aromatic nitrogens is 2. The molecular formula is C26H28N4O5S. The van der Waals surface area contributed by atoms with E-state index in [1.165, 1.54) is 0 Å². The van der Waals surface area contributed by atoms with E-state index in [9.17, 15) is 13.2 Å². The monoisotopic (exact) mass is 508 g/mol. The van der Waals surface area contributed by atoms with Crippen molar-refractivity contribution in [3.63, 3.8) is 0 Å². The zero-order valence-corrected chi connectivity index (χ0v) is 20.7. The molecule has 0 N–H and O–H groups in total. The molecule has 0 spiro atoms. The summed E-state index contributed by atoms with van der Waals surface area (Å²) in [5.74, 6) is -0.509. The molecule has 0 radical (unpaired) electrons. The van der Waals surface area contributed by atoms with Crippen LogP contribution in [0.15, 0.2) is 53.4 Å². The summed E-state index contributed by atoms with van der Waals surface area (Å²) in [4.78, 5) is 17.9. The summed E-state index contributed by atoms with van der Waals surface area (Å²) in [6.45, 7) is 5.83. The van der Waals surface area contributed by atoms with Gasteiger partial charge in [-0.25, -0.2) is 13.1 Å². The Hall–Kier alpha value is -3.05. The van der Waals surface area contributed by atoms with Crippen LogP contribution in [0.4, 0.5) is 0 Å². The van der Waals surface area contributed by atoms with Gasteiger partial charge in [-0.3, -0.25) is 9.69 Å². The van der Waals surface area contributed by atoms with Crippen molar-refractivity contribution in [2.45, 2.75) is 17.2 Å².